The summed E-state index contributed by atoms with van der Waals surface area (Å²) in [4.78, 5) is 14.2. The van der Waals surface area contributed by atoms with E-state index in [2.05, 4.69) is 27.0 Å². The highest BCUT2D eigenvalue weighted by Gasteiger charge is 2.29. The van der Waals surface area contributed by atoms with Crippen molar-refractivity contribution in [2.75, 3.05) is 37.6 Å². The summed E-state index contributed by atoms with van der Waals surface area (Å²) in [6, 6.07) is 0.719. The molecule has 110 valence electrons. The van der Waals surface area contributed by atoms with Crippen LogP contribution in [0.1, 0.15) is 31.9 Å². The monoisotopic (exact) mass is 275 g/mol. The summed E-state index contributed by atoms with van der Waals surface area (Å²) in [5, 5.41) is 3.31. The molecule has 20 heavy (non-hydrogen) atoms. The second-order valence-corrected chi connectivity index (χ2v) is 5.78. The molecule has 3 heterocycles. The lowest BCUT2D eigenvalue weighted by Gasteiger charge is -2.44. The van der Waals surface area contributed by atoms with E-state index in [0.29, 0.717) is 0 Å². The fourth-order valence-electron chi connectivity index (χ4n) is 3.25. The molecule has 0 radical (unpaired) electrons. The lowest BCUT2D eigenvalue weighted by Crippen LogP contribution is -2.55. The van der Waals surface area contributed by atoms with Gasteiger partial charge in [-0.1, -0.05) is 13.3 Å². The third kappa shape index (κ3) is 3.10. The average Bonchev–Trinajstić information content (AvgIpc) is 2.53. The molecule has 2 fully saturated rings. The van der Waals surface area contributed by atoms with Crippen LogP contribution in [-0.2, 0) is 6.54 Å². The summed E-state index contributed by atoms with van der Waals surface area (Å²) in [6.45, 7) is 8.52. The molecule has 0 amide bonds. The molecule has 1 unspecified atom stereocenters. The van der Waals surface area contributed by atoms with E-state index in [9.17, 15) is 0 Å². The minimum absolute atomic E-state index is 0.719. The van der Waals surface area contributed by atoms with Crippen molar-refractivity contribution >= 4 is 5.82 Å². The van der Waals surface area contributed by atoms with E-state index < -0.39 is 0 Å². The van der Waals surface area contributed by atoms with Crippen LogP contribution in [0.2, 0.25) is 0 Å². The Balaban J connectivity index is 1.66. The Kier molecular flexibility index (Phi) is 4.47. The molecule has 1 aromatic heterocycles. The normalized spacial score (nSPS) is 23.6. The maximum Gasteiger partial charge on any atom is 0.147 e. The van der Waals surface area contributed by atoms with Crippen LogP contribution < -0.4 is 10.2 Å². The lowest BCUT2D eigenvalue weighted by molar-refractivity contribution is 0.133. The van der Waals surface area contributed by atoms with Crippen molar-refractivity contribution < 1.29 is 0 Å². The summed E-state index contributed by atoms with van der Waals surface area (Å²) >= 11 is 0. The molecule has 2 saturated heterocycles. The van der Waals surface area contributed by atoms with Crippen molar-refractivity contribution in [3.8, 4) is 0 Å². The molecular weight excluding hydrogens is 250 g/mol. The van der Waals surface area contributed by atoms with E-state index in [1.165, 1.54) is 32.4 Å². The summed E-state index contributed by atoms with van der Waals surface area (Å²) in [6.07, 6.45) is 7.85. The van der Waals surface area contributed by atoms with Crippen molar-refractivity contribution in [3.05, 3.63) is 18.1 Å². The standard InChI is InChI=1S/C15H25N5/c1-2-16-9-13-10-17-11-15(18-13)20-8-7-19-6-4-3-5-14(19)12-20/h10-11,14,16H,2-9,12H2,1H3. The SMILES string of the molecule is CCNCc1cncc(N2CCN3CCCCC3C2)n1. The van der Waals surface area contributed by atoms with Crippen LogP contribution in [0.25, 0.3) is 0 Å². The van der Waals surface area contributed by atoms with Crippen LogP contribution in [0.15, 0.2) is 12.4 Å². The Bertz CT molecular complexity index is 436. The molecule has 1 atom stereocenters. The number of hydrogen-bond donors (Lipinski definition) is 1. The minimum Gasteiger partial charge on any atom is -0.352 e. The topological polar surface area (TPSA) is 44.3 Å². The Labute approximate surface area is 121 Å². The molecule has 0 aliphatic carbocycles. The van der Waals surface area contributed by atoms with E-state index in [4.69, 9.17) is 4.98 Å². The van der Waals surface area contributed by atoms with Crippen LogP contribution in [0.5, 0.6) is 0 Å². The lowest BCUT2D eigenvalue weighted by atomic mass is 9.99. The number of aromatic nitrogens is 2. The summed E-state index contributed by atoms with van der Waals surface area (Å²) in [5.41, 5.74) is 1.04. The molecule has 5 heteroatoms. The van der Waals surface area contributed by atoms with Gasteiger partial charge in [0, 0.05) is 38.4 Å². The summed E-state index contributed by atoms with van der Waals surface area (Å²) in [5.74, 6) is 1.05. The van der Waals surface area contributed by atoms with Gasteiger partial charge in [-0.05, 0) is 25.9 Å². The Morgan fingerprint density at radius 3 is 3.10 bits per heavy atom. The average molecular weight is 275 g/mol. The summed E-state index contributed by atoms with van der Waals surface area (Å²) in [7, 11) is 0. The zero-order valence-corrected chi connectivity index (χ0v) is 12.4. The second kappa shape index (κ2) is 6.50. The molecular formula is C15H25N5. The number of rotatable bonds is 4. The van der Waals surface area contributed by atoms with Crippen LogP contribution in [-0.4, -0.2) is 53.6 Å². The van der Waals surface area contributed by atoms with Gasteiger partial charge in [-0.25, -0.2) is 4.98 Å². The zero-order chi connectivity index (χ0) is 13.8. The van der Waals surface area contributed by atoms with Crippen molar-refractivity contribution in [2.24, 2.45) is 0 Å². The number of piperidine rings is 1. The molecule has 0 spiro atoms. The number of nitrogens with one attached hydrogen (secondary N) is 1. The van der Waals surface area contributed by atoms with Crippen LogP contribution in [0.3, 0.4) is 0 Å². The Morgan fingerprint density at radius 1 is 1.25 bits per heavy atom. The molecule has 1 N–H and O–H groups in total. The predicted octanol–water partition coefficient (Wildman–Crippen LogP) is 1.26. The smallest absolute Gasteiger partial charge is 0.147 e. The minimum atomic E-state index is 0.719. The molecule has 2 aliphatic rings. The van der Waals surface area contributed by atoms with Gasteiger partial charge in [-0.15, -0.1) is 0 Å². The van der Waals surface area contributed by atoms with Gasteiger partial charge in [0.2, 0.25) is 0 Å². The molecule has 5 nitrogen and oxygen atoms in total. The number of anilines is 1. The van der Waals surface area contributed by atoms with Gasteiger partial charge in [0.1, 0.15) is 5.82 Å². The van der Waals surface area contributed by atoms with Crippen LogP contribution in [0.4, 0.5) is 5.82 Å². The zero-order valence-electron chi connectivity index (χ0n) is 12.4. The van der Waals surface area contributed by atoms with Crippen LogP contribution >= 0.6 is 0 Å². The summed E-state index contributed by atoms with van der Waals surface area (Å²) < 4.78 is 0. The van der Waals surface area contributed by atoms with E-state index in [0.717, 1.165) is 43.7 Å². The highest BCUT2D eigenvalue weighted by molar-refractivity contribution is 5.37. The fourth-order valence-corrected chi connectivity index (χ4v) is 3.25. The molecule has 0 saturated carbocycles. The third-order valence-electron chi connectivity index (χ3n) is 4.39. The van der Waals surface area contributed by atoms with E-state index in [1.54, 1.807) is 0 Å². The first-order valence-corrected chi connectivity index (χ1v) is 7.87. The Hall–Kier alpha value is -1.20. The number of hydrogen-bond acceptors (Lipinski definition) is 5. The fraction of sp³-hybridized carbons (Fsp3) is 0.733. The Morgan fingerprint density at radius 2 is 2.20 bits per heavy atom. The number of piperazine rings is 1. The first-order chi connectivity index (χ1) is 9.86. The first kappa shape index (κ1) is 13.8. The van der Waals surface area contributed by atoms with E-state index >= 15 is 0 Å². The highest BCUT2D eigenvalue weighted by Crippen LogP contribution is 2.23. The van der Waals surface area contributed by atoms with Gasteiger partial charge in [-0.2, -0.15) is 0 Å². The van der Waals surface area contributed by atoms with Gasteiger partial charge in [0.25, 0.3) is 0 Å². The quantitative estimate of drug-likeness (QED) is 0.896. The molecule has 3 rings (SSSR count). The van der Waals surface area contributed by atoms with Gasteiger partial charge >= 0.3 is 0 Å². The van der Waals surface area contributed by atoms with E-state index in [-0.39, 0.29) is 0 Å². The first-order valence-electron chi connectivity index (χ1n) is 7.87. The number of nitrogens with zero attached hydrogens (tertiary/aromatic N) is 4. The van der Waals surface area contributed by atoms with Crippen molar-refractivity contribution in [1.82, 2.24) is 20.2 Å². The molecule has 0 bridgehead atoms. The van der Waals surface area contributed by atoms with Gasteiger partial charge in [-0.3, -0.25) is 9.88 Å². The van der Waals surface area contributed by atoms with Crippen molar-refractivity contribution in [2.45, 2.75) is 38.8 Å². The van der Waals surface area contributed by atoms with Gasteiger partial charge < -0.3 is 10.2 Å². The predicted molar refractivity (Wildman–Crippen MR) is 80.8 cm³/mol. The van der Waals surface area contributed by atoms with Crippen LogP contribution in [0, 0.1) is 0 Å². The second-order valence-electron chi connectivity index (χ2n) is 5.78. The molecule has 0 aromatic carbocycles. The van der Waals surface area contributed by atoms with Crippen molar-refractivity contribution in [3.63, 3.8) is 0 Å². The number of fused-ring (bicyclic) bond motifs is 1. The van der Waals surface area contributed by atoms with Gasteiger partial charge in [0.15, 0.2) is 0 Å². The van der Waals surface area contributed by atoms with Crippen molar-refractivity contribution in [1.29, 1.82) is 0 Å². The maximum atomic E-state index is 4.75. The van der Waals surface area contributed by atoms with Gasteiger partial charge in [0.05, 0.1) is 11.9 Å². The maximum absolute atomic E-state index is 4.75. The largest absolute Gasteiger partial charge is 0.352 e. The highest BCUT2D eigenvalue weighted by atomic mass is 15.3. The molecule has 1 aromatic rings. The van der Waals surface area contributed by atoms with E-state index in [1.807, 2.05) is 12.4 Å². The third-order valence-corrected chi connectivity index (χ3v) is 4.39. The molecule has 2 aliphatic heterocycles.